The number of nitrogens with two attached hydrogens (primary N) is 1. The number of hydrogen-bond acceptors (Lipinski definition) is 8. The van der Waals surface area contributed by atoms with E-state index in [1.807, 2.05) is 32.3 Å². The van der Waals surface area contributed by atoms with Gasteiger partial charge in [0.15, 0.2) is 11.5 Å². The van der Waals surface area contributed by atoms with Gasteiger partial charge < -0.3 is 30.2 Å². The second-order valence-electron chi connectivity index (χ2n) is 6.79. The minimum Gasteiger partial charge on any atom is -0.497 e. The summed E-state index contributed by atoms with van der Waals surface area (Å²) in [6.07, 6.45) is 0. The normalized spacial score (nSPS) is 12.1. The number of likely N-dealkylation sites (N-methyl/N-ethyl adjacent to an activating group) is 1. The topological polar surface area (TPSA) is 94.8 Å². The first-order valence-electron chi connectivity index (χ1n) is 9.20. The molecule has 0 aliphatic heterocycles. The highest BCUT2D eigenvalue weighted by Gasteiger charge is 2.17. The van der Waals surface area contributed by atoms with Crippen LogP contribution in [-0.4, -0.2) is 56.8 Å². The molecule has 0 aliphatic carbocycles. The fourth-order valence-corrected chi connectivity index (χ4v) is 3.19. The molecule has 0 amide bonds. The van der Waals surface area contributed by atoms with Crippen molar-refractivity contribution in [1.82, 2.24) is 14.9 Å². The van der Waals surface area contributed by atoms with Crippen molar-refractivity contribution in [2.24, 2.45) is 0 Å². The number of benzene rings is 2. The minimum absolute atomic E-state index is 0.0935. The molecule has 8 nitrogen and oxygen atoms in total. The van der Waals surface area contributed by atoms with Gasteiger partial charge in [-0.3, -0.25) is 0 Å². The summed E-state index contributed by atoms with van der Waals surface area (Å²) < 4.78 is 16.1. The molecule has 0 aliphatic rings. The van der Waals surface area contributed by atoms with Crippen LogP contribution in [0.4, 0.5) is 11.8 Å². The van der Waals surface area contributed by atoms with E-state index in [2.05, 4.69) is 26.3 Å². The predicted octanol–water partition coefficient (Wildman–Crippen LogP) is 2.95. The monoisotopic (exact) mass is 397 g/mol. The lowest BCUT2D eigenvalue weighted by atomic mass is 10.1. The lowest BCUT2D eigenvalue weighted by molar-refractivity contribution is 0.310. The van der Waals surface area contributed by atoms with Crippen LogP contribution in [0.5, 0.6) is 17.2 Å². The average molecular weight is 397 g/mol. The van der Waals surface area contributed by atoms with E-state index in [0.717, 1.165) is 11.3 Å². The van der Waals surface area contributed by atoms with Gasteiger partial charge in [0.2, 0.25) is 5.95 Å². The molecule has 1 unspecified atom stereocenters. The maximum atomic E-state index is 6.17. The Hall–Kier alpha value is -3.26. The molecule has 0 spiro atoms. The smallest absolute Gasteiger partial charge is 0.225 e. The number of methoxy groups -OCH3 is 3. The fraction of sp³-hybridized carbons (Fsp3) is 0.333. The van der Waals surface area contributed by atoms with E-state index >= 15 is 0 Å². The van der Waals surface area contributed by atoms with Crippen LogP contribution in [0.1, 0.15) is 11.6 Å². The molecule has 1 atom stereocenters. The first kappa shape index (κ1) is 20.5. The van der Waals surface area contributed by atoms with Gasteiger partial charge in [0.05, 0.1) is 32.9 Å². The molecule has 1 heterocycles. The Labute approximate surface area is 170 Å². The minimum atomic E-state index is 0.0935. The van der Waals surface area contributed by atoms with Gasteiger partial charge in [0.25, 0.3) is 0 Å². The van der Waals surface area contributed by atoms with E-state index in [1.54, 1.807) is 33.5 Å². The molecule has 0 bridgehead atoms. The third kappa shape index (κ3) is 4.43. The number of rotatable bonds is 8. The molecule has 3 N–H and O–H groups in total. The van der Waals surface area contributed by atoms with Crippen molar-refractivity contribution in [1.29, 1.82) is 0 Å². The van der Waals surface area contributed by atoms with Crippen molar-refractivity contribution in [3.05, 3.63) is 42.0 Å². The number of hydrogen-bond donors (Lipinski definition) is 2. The Bertz CT molecular complexity index is 993. The Morgan fingerprint density at radius 1 is 1.00 bits per heavy atom. The van der Waals surface area contributed by atoms with Crippen LogP contribution in [0, 0.1) is 0 Å². The zero-order chi connectivity index (χ0) is 21.0. The SMILES string of the molecule is COc1cccc(C(CNc2nc(N)c3cc(OC)c(OC)cc3n2)N(C)C)c1. The maximum absolute atomic E-state index is 6.17. The molecule has 0 saturated heterocycles. The number of anilines is 2. The van der Waals surface area contributed by atoms with Gasteiger partial charge in [-0.25, -0.2) is 4.98 Å². The quantitative estimate of drug-likeness (QED) is 0.599. The van der Waals surface area contributed by atoms with E-state index < -0.39 is 0 Å². The van der Waals surface area contributed by atoms with E-state index in [4.69, 9.17) is 19.9 Å². The Balaban J connectivity index is 1.88. The molecule has 2 aromatic carbocycles. The van der Waals surface area contributed by atoms with Gasteiger partial charge in [-0.05, 0) is 37.9 Å². The highest BCUT2D eigenvalue weighted by Crippen LogP contribution is 2.33. The number of nitrogens with one attached hydrogen (secondary N) is 1. The van der Waals surface area contributed by atoms with Gasteiger partial charge in [-0.1, -0.05) is 12.1 Å². The van der Waals surface area contributed by atoms with E-state index in [-0.39, 0.29) is 6.04 Å². The molecule has 1 aromatic heterocycles. The first-order valence-corrected chi connectivity index (χ1v) is 9.20. The number of aromatic nitrogens is 2. The summed E-state index contributed by atoms with van der Waals surface area (Å²) >= 11 is 0. The van der Waals surface area contributed by atoms with Gasteiger partial charge >= 0.3 is 0 Å². The summed E-state index contributed by atoms with van der Waals surface area (Å²) in [5.41, 5.74) is 7.98. The summed E-state index contributed by atoms with van der Waals surface area (Å²) in [6, 6.07) is 11.7. The highest BCUT2D eigenvalue weighted by atomic mass is 16.5. The summed E-state index contributed by atoms with van der Waals surface area (Å²) in [5, 5.41) is 4.02. The molecule has 0 fully saturated rings. The molecule has 3 aromatic rings. The van der Waals surface area contributed by atoms with Crippen LogP contribution in [0.3, 0.4) is 0 Å². The Morgan fingerprint density at radius 2 is 1.72 bits per heavy atom. The van der Waals surface area contributed by atoms with Gasteiger partial charge in [0, 0.05) is 18.0 Å². The van der Waals surface area contributed by atoms with Crippen LogP contribution in [0.15, 0.2) is 36.4 Å². The van der Waals surface area contributed by atoms with E-state index in [1.165, 1.54) is 0 Å². The predicted molar refractivity (Wildman–Crippen MR) is 115 cm³/mol. The molecule has 3 rings (SSSR count). The Kier molecular flexibility index (Phi) is 6.23. The summed E-state index contributed by atoms with van der Waals surface area (Å²) in [5.74, 6) is 2.83. The first-order chi connectivity index (χ1) is 14.0. The molecule has 0 saturated carbocycles. The van der Waals surface area contributed by atoms with E-state index in [9.17, 15) is 0 Å². The third-order valence-electron chi connectivity index (χ3n) is 4.79. The van der Waals surface area contributed by atoms with Crippen LogP contribution in [0.25, 0.3) is 10.9 Å². The van der Waals surface area contributed by atoms with Gasteiger partial charge in [0.1, 0.15) is 11.6 Å². The van der Waals surface area contributed by atoms with Crippen molar-refractivity contribution < 1.29 is 14.2 Å². The van der Waals surface area contributed by atoms with Crippen molar-refractivity contribution in [3.63, 3.8) is 0 Å². The lowest BCUT2D eigenvalue weighted by Crippen LogP contribution is -2.27. The number of ether oxygens (including phenoxy) is 3. The Morgan fingerprint density at radius 3 is 2.38 bits per heavy atom. The number of nitrogens with zero attached hydrogens (tertiary/aromatic N) is 3. The van der Waals surface area contributed by atoms with Crippen molar-refractivity contribution in [3.8, 4) is 17.2 Å². The third-order valence-corrected chi connectivity index (χ3v) is 4.79. The second kappa shape index (κ2) is 8.83. The largest absolute Gasteiger partial charge is 0.497 e. The van der Waals surface area contributed by atoms with Crippen molar-refractivity contribution in [2.45, 2.75) is 6.04 Å². The number of nitrogen functional groups attached to an aromatic ring is 1. The van der Waals surface area contributed by atoms with Gasteiger partial charge in [-0.2, -0.15) is 4.98 Å². The van der Waals surface area contributed by atoms with Crippen LogP contribution < -0.4 is 25.3 Å². The van der Waals surface area contributed by atoms with Crippen molar-refractivity contribution in [2.75, 3.05) is 53.0 Å². The van der Waals surface area contributed by atoms with E-state index in [0.29, 0.717) is 40.7 Å². The van der Waals surface area contributed by atoms with Crippen LogP contribution >= 0.6 is 0 Å². The lowest BCUT2D eigenvalue weighted by Gasteiger charge is -2.25. The second-order valence-corrected chi connectivity index (χ2v) is 6.79. The molecule has 29 heavy (non-hydrogen) atoms. The average Bonchev–Trinajstić information content (AvgIpc) is 2.73. The molecular formula is C21H27N5O3. The number of fused-ring (bicyclic) bond motifs is 1. The van der Waals surface area contributed by atoms with Crippen LogP contribution in [-0.2, 0) is 0 Å². The molecule has 154 valence electrons. The summed E-state index contributed by atoms with van der Waals surface area (Å²) in [4.78, 5) is 11.1. The molecular weight excluding hydrogens is 370 g/mol. The summed E-state index contributed by atoms with van der Waals surface area (Å²) in [6.45, 7) is 0.596. The standard InChI is InChI=1S/C21H27N5O3/c1-26(2)17(13-7-6-8-14(9-13)27-3)12-23-21-24-16-11-19(29-5)18(28-4)10-15(16)20(22)25-21/h6-11,17H,12H2,1-5H3,(H3,22,23,24,25). The fourth-order valence-electron chi connectivity index (χ4n) is 3.19. The highest BCUT2D eigenvalue weighted by molar-refractivity contribution is 5.91. The summed E-state index contributed by atoms with van der Waals surface area (Å²) in [7, 11) is 8.88. The van der Waals surface area contributed by atoms with Gasteiger partial charge in [-0.15, -0.1) is 0 Å². The zero-order valence-corrected chi connectivity index (χ0v) is 17.4. The van der Waals surface area contributed by atoms with Crippen molar-refractivity contribution >= 4 is 22.7 Å². The molecule has 8 heteroatoms. The molecule has 0 radical (unpaired) electrons. The zero-order valence-electron chi connectivity index (χ0n) is 17.4. The van der Waals surface area contributed by atoms with Crippen LogP contribution in [0.2, 0.25) is 0 Å². The maximum Gasteiger partial charge on any atom is 0.225 e.